The number of aromatic nitrogens is 1. The second-order valence-corrected chi connectivity index (χ2v) is 8.37. The largest absolute Gasteiger partial charge is 0.379 e. The van der Waals surface area contributed by atoms with E-state index >= 15 is 0 Å². The number of benzene rings is 1. The highest BCUT2D eigenvalue weighted by atomic mass is 35.5. The zero-order valence-corrected chi connectivity index (χ0v) is 15.9. The highest BCUT2D eigenvalue weighted by Crippen LogP contribution is 2.19. The SMILES string of the molecule is Cn1cc(S(=O)(=O)N2CCOCC2)cc1C(=O)NCc1ccc(Cl)cc1. The lowest BCUT2D eigenvalue weighted by atomic mass is 10.2. The van der Waals surface area contributed by atoms with Crippen LogP contribution in [0.2, 0.25) is 5.02 Å². The van der Waals surface area contributed by atoms with Gasteiger partial charge in [-0.1, -0.05) is 23.7 Å². The van der Waals surface area contributed by atoms with Crippen molar-refractivity contribution in [1.29, 1.82) is 0 Å². The number of carbonyl (C=O) groups is 1. The normalized spacial score (nSPS) is 15.8. The van der Waals surface area contributed by atoms with Gasteiger partial charge < -0.3 is 14.6 Å². The lowest BCUT2D eigenvalue weighted by molar-refractivity contribution is 0.0730. The fraction of sp³-hybridized carbons (Fsp3) is 0.353. The van der Waals surface area contributed by atoms with Crippen LogP contribution in [0.25, 0.3) is 0 Å². The third-order valence-electron chi connectivity index (χ3n) is 4.19. The van der Waals surface area contributed by atoms with Crippen LogP contribution in [-0.4, -0.2) is 49.5 Å². The van der Waals surface area contributed by atoms with Crippen LogP contribution in [0.15, 0.2) is 41.4 Å². The first kappa shape index (κ1) is 18.9. The summed E-state index contributed by atoms with van der Waals surface area (Å²) in [6, 6.07) is 8.54. The fourth-order valence-electron chi connectivity index (χ4n) is 2.71. The number of amides is 1. The third kappa shape index (κ3) is 4.09. The zero-order chi connectivity index (χ0) is 18.7. The molecule has 26 heavy (non-hydrogen) atoms. The molecule has 0 spiro atoms. The van der Waals surface area contributed by atoms with Gasteiger partial charge in [-0.3, -0.25) is 4.79 Å². The van der Waals surface area contributed by atoms with Gasteiger partial charge in [0, 0.05) is 37.9 Å². The Morgan fingerprint density at radius 2 is 1.88 bits per heavy atom. The van der Waals surface area contributed by atoms with Gasteiger partial charge in [-0.15, -0.1) is 0 Å². The van der Waals surface area contributed by atoms with E-state index < -0.39 is 10.0 Å². The monoisotopic (exact) mass is 397 g/mol. The van der Waals surface area contributed by atoms with Crippen LogP contribution in [0.5, 0.6) is 0 Å². The predicted octanol–water partition coefficient (Wildman–Crippen LogP) is 1.63. The van der Waals surface area contributed by atoms with E-state index in [1.165, 1.54) is 21.1 Å². The van der Waals surface area contributed by atoms with Crippen molar-refractivity contribution in [2.45, 2.75) is 11.4 Å². The molecule has 1 saturated heterocycles. The molecule has 1 N–H and O–H groups in total. The van der Waals surface area contributed by atoms with Crippen LogP contribution in [0.1, 0.15) is 16.1 Å². The lowest BCUT2D eigenvalue weighted by Gasteiger charge is -2.25. The van der Waals surface area contributed by atoms with Crippen molar-refractivity contribution in [2.75, 3.05) is 26.3 Å². The number of nitrogens with one attached hydrogen (secondary N) is 1. The molecular formula is C17H20ClN3O4S. The molecule has 3 rings (SSSR count). The van der Waals surface area contributed by atoms with Gasteiger partial charge in [0.1, 0.15) is 10.6 Å². The van der Waals surface area contributed by atoms with Gasteiger partial charge in [-0.2, -0.15) is 4.31 Å². The first-order valence-corrected chi connectivity index (χ1v) is 9.96. The Bertz CT molecular complexity index is 887. The molecule has 0 atom stereocenters. The van der Waals surface area contributed by atoms with Gasteiger partial charge in [-0.25, -0.2) is 8.42 Å². The minimum Gasteiger partial charge on any atom is -0.379 e. The first-order valence-electron chi connectivity index (χ1n) is 8.15. The Balaban J connectivity index is 1.72. The Hall–Kier alpha value is -1.87. The van der Waals surface area contributed by atoms with Crippen LogP contribution in [0, 0.1) is 0 Å². The number of nitrogens with zero attached hydrogens (tertiary/aromatic N) is 2. The van der Waals surface area contributed by atoms with E-state index in [0.29, 0.717) is 37.9 Å². The average Bonchev–Trinajstić information content (AvgIpc) is 3.04. The molecule has 1 aliphatic heterocycles. The third-order valence-corrected chi connectivity index (χ3v) is 6.30. The van der Waals surface area contributed by atoms with Gasteiger partial charge in [0.15, 0.2) is 0 Å². The van der Waals surface area contributed by atoms with E-state index in [1.54, 1.807) is 19.2 Å². The number of halogens is 1. The molecule has 2 heterocycles. The number of hydrogen-bond donors (Lipinski definition) is 1. The van der Waals surface area contributed by atoms with E-state index in [2.05, 4.69) is 5.32 Å². The Morgan fingerprint density at radius 3 is 2.54 bits per heavy atom. The molecular weight excluding hydrogens is 378 g/mol. The number of sulfonamides is 1. The first-order chi connectivity index (χ1) is 12.4. The zero-order valence-electron chi connectivity index (χ0n) is 14.3. The van der Waals surface area contributed by atoms with Crippen LogP contribution in [0.4, 0.5) is 0 Å². The number of aryl methyl sites for hydroxylation is 1. The molecule has 9 heteroatoms. The standard InChI is InChI=1S/C17H20ClN3O4S/c1-20-12-15(26(23,24)21-6-8-25-9-7-21)10-16(20)17(22)19-11-13-2-4-14(18)5-3-13/h2-5,10,12H,6-9,11H2,1H3,(H,19,22). The maximum absolute atomic E-state index is 12.7. The van der Waals surface area contributed by atoms with E-state index in [-0.39, 0.29) is 16.5 Å². The van der Waals surface area contributed by atoms with Crippen LogP contribution in [-0.2, 0) is 28.4 Å². The molecule has 1 amide bonds. The topological polar surface area (TPSA) is 80.6 Å². The average molecular weight is 398 g/mol. The number of rotatable bonds is 5. The van der Waals surface area contributed by atoms with Crippen molar-refractivity contribution in [2.24, 2.45) is 7.05 Å². The smallest absolute Gasteiger partial charge is 0.268 e. The number of ether oxygens (including phenoxy) is 1. The summed E-state index contributed by atoms with van der Waals surface area (Å²) in [5.41, 5.74) is 1.18. The van der Waals surface area contributed by atoms with E-state index in [1.807, 2.05) is 12.1 Å². The molecule has 0 unspecified atom stereocenters. The van der Waals surface area contributed by atoms with Crippen LogP contribution < -0.4 is 5.32 Å². The summed E-state index contributed by atoms with van der Waals surface area (Å²) >= 11 is 5.84. The fourth-order valence-corrected chi connectivity index (χ4v) is 4.32. The molecule has 7 nitrogen and oxygen atoms in total. The molecule has 1 fully saturated rings. The highest BCUT2D eigenvalue weighted by Gasteiger charge is 2.28. The summed E-state index contributed by atoms with van der Waals surface area (Å²) in [6.07, 6.45) is 1.46. The summed E-state index contributed by atoms with van der Waals surface area (Å²) < 4.78 is 33.5. The Kier molecular flexibility index (Phi) is 5.67. The molecule has 0 radical (unpaired) electrons. The summed E-state index contributed by atoms with van der Waals surface area (Å²) in [4.78, 5) is 12.5. The summed E-state index contributed by atoms with van der Waals surface area (Å²) in [7, 11) is -1.98. The summed E-state index contributed by atoms with van der Waals surface area (Å²) in [6.45, 7) is 1.71. The quantitative estimate of drug-likeness (QED) is 0.831. The maximum atomic E-state index is 12.7. The lowest BCUT2D eigenvalue weighted by Crippen LogP contribution is -2.40. The highest BCUT2D eigenvalue weighted by molar-refractivity contribution is 7.89. The summed E-state index contributed by atoms with van der Waals surface area (Å²) in [5, 5.41) is 3.41. The number of hydrogen-bond acceptors (Lipinski definition) is 4. The molecule has 140 valence electrons. The van der Waals surface area contributed by atoms with Crippen molar-refractivity contribution >= 4 is 27.5 Å². The second kappa shape index (κ2) is 7.79. The number of carbonyl (C=O) groups excluding carboxylic acids is 1. The van der Waals surface area contributed by atoms with Gasteiger partial charge in [-0.05, 0) is 23.8 Å². The van der Waals surface area contributed by atoms with Crippen molar-refractivity contribution in [3.05, 3.63) is 52.8 Å². The van der Waals surface area contributed by atoms with Crippen molar-refractivity contribution in [1.82, 2.24) is 14.2 Å². The minimum absolute atomic E-state index is 0.110. The van der Waals surface area contributed by atoms with Crippen molar-refractivity contribution < 1.29 is 17.9 Å². The van der Waals surface area contributed by atoms with Crippen molar-refractivity contribution in [3.8, 4) is 0 Å². The molecule has 2 aromatic rings. The van der Waals surface area contributed by atoms with Gasteiger partial charge in [0.05, 0.1) is 13.2 Å². The van der Waals surface area contributed by atoms with Crippen molar-refractivity contribution in [3.63, 3.8) is 0 Å². The molecule has 0 saturated carbocycles. The van der Waals surface area contributed by atoms with E-state index in [4.69, 9.17) is 16.3 Å². The van der Waals surface area contributed by atoms with Gasteiger partial charge >= 0.3 is 0 Å². The molecule has 1 aromatic heterocycles. The van der Waals surface area contributed by atoms with Crippen LogP contribution >= 0.6 is 11.6 Å². The molecule has 0 bridgehead atoms. The van der Waals surface area contributed by atoms with Gasteiger partial charge in [0.25, 0.3) is 5.91 Å². The molecule has 1 aliphatic rings. The second-order valence-electron chi connectivity index (χ2n) is 6.00. The number of morpholine rings is 1. The van der Waals surface area contributed by atoms with E-state index in [0.717, 1.165) is 5.56 Å². The van der Waals surface area contributed by atoms with E-state index in [9.17, 15) is 13.2 Å². The van der Waals surface area contributed by atoms with Crippen LogP contribution in [0.3, 0.4) is 0 Å². The molecule has 1 aromatic carbocycles. The summed E-state index contributed by atoms with van der Waals surface area (Å²) in [5.74, 6) is -0.342. The Morgan fingerprint density at radius 1 is 1.23 bits per heavy atom. The molecule has 0 aliphatic carbocycles. The predicted molar refractivity (Wildman–Crippen MR) is 97.6 cm³/mol. The maximum Gasteiger partial charge on any atom is 0.268 e. The minimum atomic E-state index is -3.63. The van der Waals surface area contributed by atoms with Gasteiger partial charge in [0.2, 0.25) is 10.0 Å². The Labute approximate surface area is 157 Å².